The number of imidazole rings is 1. The third-order valence-corrected chi connectivity index (χ3v) is 3.14. The van der Waals surface area contributed by atoms with E-state index >= 15 is 0 Å². The molecule has 2 aromatic rings. The zero-order valence-electron chi connectivity index (χ0n) is 8.42. The number of nitrogens with two attached hydrogens (primary N) is 1. The summed E-state index contributed by atoms with van der Waals surface area (Å²) in [4.78, 5) is 7.34. The Balaban J connectivity index is 2.51. The van der Waals surface area contributed by atoms with Crippen LogP contribution in [-0.4, -0.2) is 9.97 Å². The molecule has 2 rings (SSSR count). The second kappa shape index (κ2) is 4.16. The van der Waals surface area contributed by atoms with Crippen LogP contribution in [0.15, 0.2) is 29.0 Å². The molecule has 0 unspecified atom stereocenters. The number of aryl methyl sites for hydroxylation is 1. The van der Waals surface area contributed by atoms with Crippen molar-refractivity contribution in [2.45, 2.75) is 13.5 Å². The van der Waals surface area contributed by atoms with Crippen molar-refractivity contribution >= 4 is 15.9 Å². The molecule has 0 saturated carbocycles. The van der Waals surface area contributed by atoms with Gasteiger partial charge in [-0.25, -0.2) is 4.98 Å². The molecule has 78 valence electrons. The number of nitrogens with one attached hydrogen (secondary N) is 1. The van der Waals surface area contributed by atoms with Crippen molar-refractivity contribution in [1.29, 1.82) is 0 Å². The normalized spacial score (nSPS) is 10.6. The molecule has 3 N–H and O–H groups in total. The van der Waals surface area contributed by atoms with Gasteiger partial charge in [0.25, 0.3) is 0 Å². The van der Waals surface area contributed by atoms with Gasteiger partial charge in [-0.2, -0.15) is 0 Å². The van der Waals surface area contributed by atoms with E-state index in [2.05, 4.69) is 32.0 Å². The second-order valence-electron chi connectivity index (χ2n) is 3.39. The lowest BCUT2D eigenvalue weighted by Crippen LogP contribution is -1.97. The van der Waals surface area contributed by atoms with E-state index < -0.39 is 0 Å². The first kappa shape index (κ1) is 10.4. The maximum absolute atomic E-state index is 5.65. The highest BCUT2D eigenvalue weighted by Crippen LogP contribution is 2.25. The minimum Gasteiger partial charge on any atom is -0.348 e. The van der Waals surface area contributed by atoms with Crippen molar-refractivity contribution in [1.82, 2.24) is 9.97 Å². The zero-order chi connectivity index (χ0) is 10.8. The summed E-state index contributed by atoms with van der Waals surface area (Å²) in [6, 6.07) is 6.10. The zero-order valence-corrected chi connectivity index (χ0v) is 10.0. The molecule has 15 heavy (non-hydrogen) atoms. The topological polar surface area (TPSA) is 54.7 Å². The van der Waals surface area contributed by atoms with E-state index in [0.29, 0.717) is 6.54 Å². The molecule has 0 fully saturated rings. The van der Waals surface area contributed by atoms with E-state index in [9.17, 15) is 0 Å². The van der Waals surface area contributed by atoms with Crippen LogP contribution in [0, 0.1) is 6.92 Å². The lowest BCUT2D eigenvalue weighted by Gasteiger charge is -2.04. The Labute approximate surface area is 96.9 Å². The van der Waals surface area contributed by atoms with E-state index in [1.54, 1.807) is 6.33 Å². The van der Waals surface area contributed by atoms with Gasteiger partial charge in [0.15, 0.2) is 0 Å². The van der Waals surface area contributed by atoms with Gasteiger partial charge in [-0.3, -0.25) is 0 Å². The van der Waals surface area contributed by atoms with E-state index in [1.165, 1.54) is 0 Å². The Bertz CT molecular complexity index is 476. The number of nitrogens with zero attached hydrogens (tertiary/aromatic N) is 1. The van der Waals surface area contributed by atoms with Gasteiger partial charge in [0.2, 0.25) is 0 Å². The number of H-pyrrole nitrogens is 1. The van der Waals surface area contributed by atoms with Gasteiger partial charge in [0.1, 0.15) is 0 Å². The van der Waals surface area contributed by atoms with Crippen LogP contribution in [0.3, 0.4) is 0 Å². The van der Waals surface area contributed by atoms with E-state index in [4.69, 9.17) is 5.73 Å². The molecule has 0 radical (unpaired) electrons. The van der Waals surface area contributed by atoms with Crippen molar-refractivity contribution in [3.05, 3.63) is 40.3 Å². The third kappa shape index (κ3) is 1.96. The van der Waals surface area contributed by atoms with Crippen LogP contribution < -0.4 is 5.73 Å². The average molecular weight is 266 g/mol. The first-order valence-electron chi connectivity index (χ1n) is 4.71. The van der Waals surface area contributed by atoms with Crippen molar-refractivity contribution in [3.63, 3.8) is 0 Å². The summed E-state index contributed by atoms with van der Waals surface area (Å²) >= 11 is 3.46. The van der Waals surface area contributed by atoms with Crippen molar-refractivity contribution in [2.75, 3.05) is 0 Å². The van der Waals surface area contributed by atoms with Gasteiger partial charge in [-0.05, 0) is 24.6 Å². The SMILES string of the molecule is Cc1[nH]cnc1-c1ccc(Br)c(CN)c1. The summed E-state index contributed by atoms with van der Waals surface area (Å²) in [6.07, 6.45) is 1.70. The molecular formula is C11H12BrN3. The summed E-state index contributed by atoms with van der Waals surface area (Å²) in [5, 5.41) is 0. The molecule has 1 aromatic heterocycles. The van der Waals surface area contributed by atoms with Gasteiger partial charge in [0.05, 0.1) is 12.0 Å². The molecule has 1 heterocycles. The summed E-state index contributed by atoms with van der Waals surface area (Å²) < 4.78 is 1.04. The lowest BCUT2D eigenvalue weighted by molar-refractivity contribution is 1.06. The van der Waals surface area contributed by atoms with Crippen LogP contribution in [0.1, 0.15) is 11.3 Å². The van der Waals surface area contributed by atoms with Crippen LogP contribution >= 0.6 is 15.9 Å². The molecule has 0 bridgehead atoms. The molecule has 0 aliphatic carbocycles. The van der Waals surface area contributed by atoms with Crippen molar-refractivity contribution < 1.29 is 0 Å². The molecule has 0 amide bonds. The quantitative estimate of drug-likeness (QED) is 0.877. The Kier molecular flexibility index (Phi) is 2.88. The van der Waals surface area contributed by atoms with Gasteiger partial charge < -0.3 is 10.7 Å². The highest BCUT2D eigenvalue weighted by atomic mass is 79.9. The Hall–Kier alpha value is -1.13. The summed E-state index contributed by atoms with van der Waals surface area (Å²) in [5.41, 5.74) is 9.89. The number of hydrogen-bond donors (Lipinski definition) is 2. The summed E-state index contributed by atoms with van der Waals surface area (Å²) in [7, 11) is 0. The molecular weight excluding hydrogens is 254 g/mol. The number of aromatic nitrogens is 2. The van der Waals surface area contributed by atoms with Crippen LogP contribution in [-0.2, 0) is 6.54 Å². The molecule has 0 aliphatic heterocycles. The molecule has 0 aliphatic rings. The van der Waals surface area contributed by atoms with Crippen molar-refractivity contribution in [2.24, 2.45) is 5.73 Å². The van der Waals surface area contributed by atoms with E-state index in [1.807, 2.05) is 19.1 Å². The molecule has 4 heteroatoms. The Morgan fingerprint density at radius 2 is 2.27 bits per heavy atom. The third-order valence-electron chi connectivity index (χ3n) is 2.37. The Morgan fingerprint density at radius 3 is 2.87 bits per heavy atom. The predicted molar refractivity (Wildman–Crippen MR) is 64.4 cm³/mol. The van der Waals surface area contributed by atoms with Gasteiger partial charge in [-0.15, -0.1) is 0 Å². The van der Waals surface area contributed by atoms with Crippen LogP contribution in [0.2, 0.25) is 0 Å². The Morgan fingerprint density at radius 1 is 1.47 bits per heavy atom. The molecule has 0 spiro atoms. The monoisotopic (exact) mass is 265 g/mol. The fraction of sp³-hybridized carbons (Fsp3) is 0.182. The maximum Gasteiger partial charge on any atom is 0.0929 e. The maximum atomic E-state index is 5.65. The highest BCUT2D eigenvalue weighted by Gasteiger charge is 2.06. The second-order valence-corrected chi connectivity index (χ2v) is 4.24. The van der Waals surface area contributed by atoms with Crippen molar-refractivity contribution in [3.8, 4) is 11.3 Å². The first-order chi connectivity index (χ1) is 7.22. The lowest BCUT2D eigenvalue weighted by atomic mass is 10.1. The number of benzene rings is 1. The largest absolute Gasteiger partial charge is 0.348 e. The van der Waals surface area contributed by atoms with E-state index in [-0.39, 0.29) is 0 Å². The average Bonchev–Trinajstić information content (AvgIpc) is 2.65. The van der Waals surface area contributed by atoms with Gasteiger partial charge in [0, 0.05) is 22.3 Å². The minimum absolute atomic E-state index is 0.526. The fourth-order valence-electron chi connectivity index (χ4n) is 1.53. The minimum atomic E-state index is 0.526. The van der Waals surface area contributed by atoms with Gasteiger partial charge in [-0.1, -0.05) is 22.0 Å². The standard InChI is InChI=1S/C11H12BrN3/c1-7-11(15-6-14-7)8-2-3-10(12)9(4-8)5-13/h2-4,6H,5,13H2,1H3,(H,14,15). The number of halogens is 1. The first-order valence-corrected chi connectivity index (χ1v) is 5.50. The van der Waals surface area contributed by atoms with Gasteiger partial charge >= 0.3 is 0 Å². The highest BCUT2D eigenvalue weighted by molar-refractivity contribution is 9.10. The molecule has 0 saturated heterocycles. The summed E-state index contributed by atoms with van der Waals surface area (Å²) in [6.45, 7) is 2.53. The number of hydrogen-bond acceptors (Lipinski definition) is 2. The summed E-state index contributed by atoms with van der Waals surface area (Å²) in [5.74, 6) is 0. The fourth-order valence-corrected chi connectivity index (χ4v) is 1.94. The molecule has 1 aromatic carbocycles. The van der Waals surface area contributed by atoms with Crippen LogP contribution in [0.4, 0.5) is 0 Å². The number of aromatic amines is 1. The smallest absolute Gasteiger partial charge is 0.0929 e. The van der Waals surface area contributed by atoms with Crippen LogP contribution in [0.5, 0.6) is 0 Å². The number of rotatable bonds is 2. The van der Waals surface area contributed by atoms with Crippen LogP contribution in [0.25, 0.3) is 11.3 Å². The molecule has 0 atom stereocenters. The predicted octanol–water partition coefficient (Wildman–Crippen LogP) is 2.61. The van der Waals surface area contributed by atoms with E-state index in [0.717, 1.165) is 27.0 Å². The molecule has 3 nitrogen and oxygen atoms in total.